The molecule has 0 aliphatic heterocycles. The molecule has 1 heterocycles. The van der Waals surface area contributed by atoms with Gasteiger partial charge in [-0.25, -0.2) is 4.79 Å². The summed E-state index contributed by atoms with van der Waals surface area (Å²) in [7, 11) is 0. The van der Waals surface area contributed by atoms with Crippen LogP contribution in [0.15, 0.2) is 29.1 Å². The van der Waals surface area contributed by atoms with Crippen LogP contribution in [0.5, 0.6) is 0 Å². The number of carbonyl (C=O) groups excluding carboxylic acids is 1. The number of benzene rings is 1. The molecule has 0 amide bonds. The smallest absolute Gasteiger partial charge is 0.342 e. The number of aromatic nitrogens is 1. The SMILES string of the molecule is CCCn1c(N)c(C(=O)OCC)c(-c2ccc(Cl)cc2)c(C#N)c1=O. The van der Waals surface area contributed by atoms with Crippen molar-refractivity contribution >= 4 is 23.4 Å². The number of hydrogen-bond acceptors (Lipinski definition) is 5. The van der Waals surface area contributed by atoms with Crippen molar-refractivity contribution in [2.45, 2.75) is 26.8 Å². The second kappa shape index (κ2) is 7.86. The Labute approximate surface area is 150 Å². The van der Waals surface area contributed by atoms with Crippen LogP contribution in [0.25, 0.3) is 11.1 Å². The van der Waals surface area contributed by atoms with E-state index in [2.05, 4.69) is 0 Å². The predicted molar refractivity (Wildman–Crippen MR) is 96.5 cm³/mol. The Morgan fingerprint density at radius 1 is 1.32 bits per heavy atom. The summed E-state index contributed by atoms with van der Waals surface area (Å²) in [6.45, 7) is 3.98. The summed E-state index contributed by atoms with van der Waals surface area (Å²) in [5.74, 6) is -0.680. The quantitative estimate of drug-likeness (QED) is 0.826. The lowest BCUT2D eigenvalue weighted by atomic mass is 9.95. The van der Waals surface area contributed by atoms with Crippen molar-refractivity contribution in [3.63, 3.8) is 0 Å². The topological polar surface area (TPSA) is 98.1 Å². The van der Waals surface area contributed by atoms with Crippen LogP contribution in [0.4, 0.5) is 5.82 Å². The molecule has 0 unspecified atom stereocenters. The molecule has 7 heteroatoms. The van der Waals surface area contributed by atoms with Gasteiger partial charge in [-0.2, -0.15) is 5.26 Å². The molecule has 25 heavy (non-hydrogen) atoms. The number of nitrogens with two attached hydrogens (primary N) is 1. The largest absolute Gasteiger partial charge is 0.462 e. The number of esters is 1. The normalized spacial score (nSPS) is 10.3. The number of carbonyl (C=O) groups is 1. The van der Waals surface area contributed by atoms with Crippen molar-refractivity contribution in [1.29, 1.82) is 5.26 Å². The maximum atomic E-state index is 12.7. The Bertz CT molecular complexity index is 896. The number of pyridine rings is 1. The number of nitrogens with zero attached hydrogens (tertiary/aromatic N) is 2. The lowest BCUT2D eigenvalue weighted by Gasteiger charge is -2.18. The monoisotopic (exact) mass is 359 g/mol. The van der Waals surface area contributed by atoms with E-state index in [1.165, 1.54) is 4.57 Å². The summed E-state index contributed by atoms with van der Waals surface area (Å²) >= 11 is 5.91. The van der Waals surface area contributed by atoms with E-state index in [1.807, 2.05) is 13.0 Å². The number of hydrogen-bond donors (Lipinski definition) is 1. The molecule has 2 rings (SSSR count). The van der Waals surface area contributed by atoms with Crippen LogP contribution in [-0.2, 0) is 11.3 Å². The van der Waals surface area contributed by atoms with Gasteiger partial charge in [0.15, 0.2) is 0 Å². The summed E-state index contributed by atoms with van der Waals surface area (Å²) in [6.07, 6.45) is 0.623. The molecule has 1 aromatic carbocycles. The van der Waals surface area contributed by atoms with E-state index < -0.39 is 11.5 Å². The van der Waals surface area contributed by atoms with E-state index in [0.29, 0.717) is 23.6 Å². The fourth-order valence-corrected chi connectivity index (χ4v) is 2.73. The maximum Gasteiger partial charge on any atom is 0.342 e. The van der Waals surface area contributed by atoms with Crippen LogP contribution < -0.4 is 11.3 Å². The minimum absolute atomic E-state index is 0.00532. The maximum absolute atomic E-state index is 12.7. The van der Waals surface area contributed by atoms with Crippen LogP contribution in [0, 0.1) is 11.3 Å². The number of nitrogen functional groups attached to an aromatic ring is 1. The third-order valence-corrected chi connectivity index (χ3v) is 3.93. The molecule has 0 saturated heterocycles. The molecule has 0 aliphatic rings. The van der Waals surface area contributed by atoms with Gasteiger partial charge in [-0.3, -0.25) is 9.36 Å². The highest BCUT2D eigenvalue weighted by atomic mass is 35.5. The Kier molecular flexibility index (Phi) is 5.84. The van der Waals surface area contributed by atoms with E-state index in [9.17, 15) is 14.9 Å². The van der Waals surface area contributed by atoms with Gasteiger partial charge in [-0.15, -0.1) is 0 Å². The average molecular weight is 360 g/mol. The van der Waals surface area contributed by atoms with E-state index >= 15 is 0 Å². The molecule has 2 N–H and O–H groups in total. The number of nitriles is 1. The van der Waals surface area contributed by atoms with E-state index in [0.717, 1.165) is 0 Å². The number of ether oxygens (including phenoxy) is 1. The zero-order chi connectivity index (χ0) is 18.6. The molecule has 0 spiro atoms. The van der Waals surface area contributed by atoms with Gasteiger partial charge in [0.1, 0.15) is 23.0 Å². The Hall–Kier alpha value is -2.78. The highest BCUT2D eigenvalue weighted by molar-refractivity contribution is 6.30. The average Bonchev–Trinajstić information content (AvgIpc) is 2.59. The van der Waals surface area contributed by atoms with Crippen molar-refractivity contribution in [2.24, 2.45) is 0 Å². The molecular formula is C18H18ClN3O3. The minimum atomic E-state index is -0.675. The third-order valence-electron chi connectivity index (χ3n) is 3.68. The lowest BCUT2D eigenvalue weighted by Crippen LogP contribution is -2.29. The summed E-state index contributed by atoms with van der Waals surface area (Å²) in [4.78, 5) is 25.2. The first kappa shape index (κ1) is 18.6. The molecule has 0 atom stereocenters. The van der Waals surface area contributed by atoms with Crippen LogP contribution in [-0.4, -0.2) is 17.1 Å². The van der Waals surface area contributed by atoms with E-state index in [-0.39, 0.29) is 29.1 Å². The second-order valence-electron chi connectivity index (χ2n) is 5.31. The van der Waals surface area contributed by atoms with Gasteiger partial charge < -0.3 is 10.5 Å². The molecule has 130 valence electrons. The van der Waals surface area contributed by atoms with Crippen molar-refractivity contribution in [3.05, 3.63) is 50.8 Å². The Morgan fingerprint density at radius 2 is 1.96 bits per heavy atom. The molecule has 1 aromatic heterocycles. The minimum Gasteiger partial charge on any atom is -0.462 e. The number of halogens is 1. The molecule has 6 nitrogen and oxygen atoms in total. The van der Waals surface area contributed by atoms with E-state index in [4.69, 9.17) is 22.1 Å². The number of anilines is 1. The first-order chi connectivity index (χ1) is 12.0. The van der Waals surface area contributed by atoms with Gasteiger partial charge in [0.2, 0.25) is 0 Å². The summed E-state index contributed by atoms with van der Waals surface area (Å²) < 4.78 is 6.34. The van der Waals surface area contributed by atoms with Crippen molar-refractivity contribution < 1.29 is 9.53 Å². The molecule has 0 bridgehead atoms. The van der Waals surface area contributed by atoms with Crippen molar-refractivity contribution in [1.82, 2.24) is 4.57 Å². The van der Waals surface area contributed by atoms with Crippen molar-refractivity contribution in [3.8, 4) is 17.2 Å². The molecule has 2 aromatic rings. The van der Waals surface area contributed by atoms with Gasteiger partial charge in [-0.1, -0.05) is 30.7 Å². The van der Waals surface area contributed by atoms with Crippen LogP contribution in [0.3, 0.4) is 0 Å². The predicted octanol–water partition coefficient (Wildman–Crippen LogP) is 3.21. The second-order valence-corrected chi connectivity index (χ2v) is 5.74. The zero-order valence-corrected chi connectivity index (χ0v) is 14.8. The van der Waals surface area contributed by atoms with Gasteiger partial charge in [0.25, 0.3) is 5.56 Å². The molecular weight excluding hydrogens is 342 g/mol. The molecule has 0 radical (unpaired) electrons. The van der Waals surface area contributed by atoms with Gasteiger partial charge in [-0.05, 0) is 31.0 Å². The van der Waals surface area contributed by atoms with Gasteiger partial charge in [0.05, 0.1) is 6.61 Å². The fraction of sp³-hybridized carbons (Fsp3) is 0.278. The summed E-state index contributed by atoms with van der Waals surface area (Å²) in [5, 5.41) is 10.0. The first-order valence-electron chi connectivity index (χ1n) is 7.85. The highest BCUT2D eigenvalue weighted by Gasteiger charge is 2.26. The fourth-order valence-electron chi connectivity index (χ4n) is 2.60. The van der Waals surface area contributed by atoms with Gasteiger partial charge >= 0.3 is 5.97 Å². The lowest BCUT2D eigenvalue weighted by molar-refractivity contribution is 0.0527. The number of rotatable bonds is 5. The molecule has 0 saturated carbocycles. The van der Waals surface area contributed by atoms with E-state index in [1.54, 1.807) is 31.2 Å². The third kappa shape index (κ3) is 3.52. The standard InChI is InChI=1S/C18H18ClN3O3/c1-3-9-22-16(21)15(18(24)25-4-2)14(13(10-20)17(22)23)11-5-7-12(19)8-6-11/h5-8H,3-4,9,21H2,1-2H3. The Morgan fingerprint density at radius 3 is 2.48 bits per heavy atom. The summed E-state index contributed by atoms with van der Waals surface area (Å²) in [6, 6.07) is 8.39. The first-order valence-corrected chi connectivity index (χ1v) is 8.23. The van der Waals surface area contributed by atoms with Crippen LogP contribution >= 0.6 is 11.6 Å². The van der Waals surface area contributed by atoms with Crippen molar-refractivity contribution in [2.75, 3.05) is 12.3 Å². The van der Waals surface area contributed by atoms with Gasteiger partial charge in [0, 0.05) is 17.1 Å². The van der Waals surface area contributed by atoms with Crippen LogP contribution in [0.1, 0.15) is 36.2 Å². The zero-order valence-electron chi connectivity index (χ0n) is 14.0. The molecule has 0 fully saturated rings. The summed E-state index contributed by atoms with van der Waals surface area (Å²) in [5.41, 5.74) is 6.14. The Balaban J connectivity index is 2.92. The highest BCUT2D eigenvalue weighted by Crippen LogP contribution is 2.31. The molecule has 0 aliphatic carbocycles. The van der Waals surface area contributed by atoms with Crippen LogP contribution in [0.2, 0.25) is 5.02 Å².